The van der Waals surface area contributed by atoms with Gasteiger partial charge in [-0.05, 0) is 12.3 Å². The second-order valence-corrected chi connectivity index (χ2v) is 4.18. The van der Waals surface area contributed by atoms with Crippen LogP contribution in [-0.4, -0.2) is 29.7 Å². The van der Waals surface area contributed by atoms with E-state index in [4.69, 9.17) is 10.6 Å². The average Bonchev–Trinajstić information content (AvgIpc) is 2.33. The summed E-state index contributed by atoms with van der Waals surface area (Å²) in [4.78, 5) is 8.00. The summed E-state index contributed by atoms with van der Waals surface area (Å²) >= 11 is 0. The fraction of sp³-hybridized carbons (Fsp3) is 0.636. The average molecular weight is 239 g/mol. The Morgan fingerprint density at radius 1 is 1.35 bits per heavy atom. The van der Waals surface area contributed by atoms with Crippen molar-refractivity contribution in [2.45, 2.75) is 20.3 Å². The van der Waals surface area contributed by atoms with Gasteiger partial charge in [-0.3, -0.25) is 0 Å². The van der Waals surface area contributed by atoms with E-state index in [0.717, 1.165) is 32.0 Å². The topological polar surface area (TPSA) is 85.1 Å². The van der Waals surface area contributed by atoms with Gasteiger partial charge in [-0.15, -0.1) is 0 Å². The van der Waals surface area contributed by atoms with E-state index in [1.807, 2.05) is 0 Å². The molecule has 0 aliphatic carbocycles. The SMILES string of the molecule is CC(C)COCCCNc1cc(NN)ncn1. The molecule has 0 radical (unpaired) electrons. The molecule has 0 aliphatic rings. The minimum Gasteiger partial charge on any atom is -0.381 e. The van der Waals surface area contributed by atoms with Gasteiger partial charge in [-0.2, -0.15) is 0 Å². The van der Waals surface area contributed by atoms with Crippen LogP contribution in [0.25, 0.3) is 0 Å². The fourth-order valence-electron chi connectivity index (χ4n) is 1.24. The molecule has 0 saturated carbocycles. The zero-order chi connectivity index (χ0) is 12.5. The molecule has 0 unspecified atom stereocenters. The number of rotatable bonds is 8. The van der Waals surface area contributed by atoms with Crippen molar-refractivity contribution >= 4 is 11.6 Å². The predicted octanol–water partition coefficient (Wildman–Crippen LogP) is 1.24. The maximum atomic E-state index is 5.47. The van der Waals surface area contributed by atoms with E-state index in [-0.39, 0.29) is 0 Å². The lowest BCUT2D eigenvalue weighted by Gasteiger charge is -2.08. The van der Waals surface area contributed by atoms with Crippen molar-refractivity contribution in [3.63, 3.8) is 0 Å². The third-order valence-electron chi connectivity index (χ3n) is 2.04. The lowest BCUT2D eigenvalue weighted by atomic mass is 10.2. The van der Waals surface area contributed by atoms with Crippen LogP contribution >= 0.6 is 0 Å². The van der Waals surface area contributed by atoms with Gasteiger partial charge in [-0.25, -0.2) is 15.8 Å². The van der Waals surface area contributed by atoms with Crippen LogP contribution in [-0.2, 0) is 4.74 Å². The number of nitrogen functional groups attached to an aromatic ring is 1. The summed E-state index contributed by atoms with van der Waals surface area (Å²) in [5, 5.41) is 3.18. The van der Waals surface area contributed by atoms with Crippen LogP contribution in [0.15, 0.2) is 12.4 Å². The number of hydrogen-bond acceptors (Lipinski definition) is 6. The lowest BCUT2D eigenvalue weighted by molar-refractivity contribution is 0.110. The van der Waals surface area contributed by atoms with Gasteiger partial charge in [-0.1, -0.05) is 13.8 Å². The highest BCUT2D eigenvalue weighted by molar-refractivity contribution is 5.45. The first kappa shape index (κ1) is 13.7. The summed E-state index contributed by atoms with van der Waals surface area (Å²) in [6, 6.07) is 1.76. The van der Waals surface area contributed by atoms with Crippen LogP contribution in [0.5, 0.6) is 0 Å². The Hall–Kier alpha value is -1.40. The van der Waals surface area contributed by atoms with Gasteiger partial charge < -0.3 is 15.5 Å². The molecule has 0 spiro atoms. The first-order valence-corrected chi connectivity index (χ1v) is 5.82. The molecule has 6 nitrogen and oxygen atoms in total. The Labute approximate surface area is 102 Å². The van der Waals surface area contributed by atoms with Crippen LogP contribution < -0.4 is 16.6 Å². The molecule has 0 atom stereocenters. The van der Waals surface area contributed by atoms with Crippen molar-refractivity contribution in [3.8, 4) is 0 Å². The number of hydrogen-bond donors (Lipinski definition) is 3. The Morgan fingerprint density at radius 2 is 2.12 bits per heavy atom. The van der Waals surface area contributed by atoms with Gasteiger partial charge in [0.2, 0.25) is 0 Å². The van der Waals surface area contributed by atoms with Crippen molar-refractivity contribution in [1.82, 2.24) is 9.97 Å². The molecular formula is C11H21N5O. The zero-order valence-corrected chi connectivity index (χ0v) is 10.4. The molecule has 1 aromatic heterocycles. The maximum absolute atomic E-state index is 5.47. The Kier molecular flexibility index (Phi) is 6.27. The van der Waals surface area contributed by atoms with E-state index in [1.165, 1.54) is 6.33 Å². The lowest BCUT2D eigenvalue weighted by Crippen LogP contribution is -2.11. The normalized spacial score (nSPS) is 10.6. The highest BCUT2D eigenvalue weighted by atomic mass is 16.5. The molecule has 1 rings (SSSR count). The van der Waals surface area contributed by atoms with Gasteiger partial charge in [0.1, 0.15) is 18.0 Å². The standard InChI is InChI=1S/C11H21N5O/c1-9(2)7-17-5-3-4-13-10-6-11(16-12)15-8-14-10/h6,8-9H,3-5,7,12H2,1-2H3,(H2,13,14,15,16). The summed E-state index contributed by atoms with van der Waals surface area (Å²) in [6.07, 6.45) is 2.41. The quantitative estimate of drug-likeness (QED) is 0.359. The highest BCUT2D eigenvalue weighted by Crippen LogP contribution is 2.06. The van der Waals surface area contributed by atoms with Crippen molar-refractivity contribution in [1.29, 1.82) is 0 Å². The summed E-state index contributed by atoms with van der Waals surface area (Å²) < 4.78 is 5.47. The van der Waals surface area contributed by atoms with E-state index in [9.17, 15) is 0 Å². The number of aromatic nitrogens is 2. The van der Waals surface area contributed by atoms with Gasteiger partial charge in [0.25, 0.3) is 0 Å². The van der Waals surface area contributed by atoms with E-state index >= 15 is 0 Å². The van der Waals surface area contributed by atoms with Crippen molar-refractivity contribution in [2.24, 2.45) is 11.8 Å². The second-order valence-electron chi connectivity index (χ2n) is 4.18. The fourth-order valence-corrected chi connectivity index (χ4v) is 1.24. The number of anilines is 2. The molecule has 0 amide bonds. The summed E-state index contributed by atoms with van der Waals surface area (Å²) in [7, 11) is 0. The number of hydrazine groups is 1. The molecule has 0 aliphatic heterocycles. The molecule has 0 aromatic carbocycles. The molecule has 1 aromatic rings. The summed E-state index contributed by atoms with van der Waals surface area (Å²) in [6.45, 7) is 6.67. The van der Waals surface area contributed by atoms with Gasteiger partial charge >= 0.3 is 0 Å². The first-order valence-electron chi connectivity index (χ1n) is 5.82. The first-order chi connectivity index (χ1) is 8.22. The third kappa shape index (κ3) is 6.03. The van der Waals surface area contributed by atoms with Crippen LogP contribution in [0.3, 0.4) is 0 Å². The van der Waals surface area contributed by atoms with Crippen LogP contribution in [0, 0.1) is 5.92 Å². The van der Waals surface area contributed by atoms with E-state index < -0.39 is 0 Å². The monoisotopic (exact) mass is 239 g/mol. The second kappa shape index (κ2) is 7.81. The summed E-state index contributed by atoms with van der Waals surface area (Å²) in [5.41, 5.74) is 2.47. The molecule has 6 heteroatoms. The number of nitrogens with one attached hydrogen (secondary N) is 2. The highest BCUT2D eigenvalue weighted by Gasteiger charge is 1.97. The number of nitrogens with zero attached hydrogens (tertiary/aromatic N) is 2. The zero-order valence-electron chi connectivity index (χ0n) is 10.4. The molecule has 96 valence electrons. The Morgan fingerprint density at radius 3 is 2.82 bits per heavy atom. The molecule has 0 fully saturated rings. The number of nitrogens with two attached hydrogens (primary N) is 1. The molecule has 1 heterocycles. The number of ether oxygens (including phenoxy) is 1. The minimum absolute atomic E-state index is 0.586. The van der Waals surface area contributed by atoms with Gasteiger partial charge in [0.15, 0.2) is 0 Å². The van der Waals surface area contributed by atoms with Gasteiger partial charge in [0.05, 0.1) is 0 Å². The smallest absolute Gasteiger partial charge is 0.145 e. The van der Waals surface area contributed by atoms with E-state index in [2.05, 4.69) is 34.6 Å². The van der Waals surface area contributed by atoms with E-state index in [1.54, 1.807) is 6.07 Å². The summed E-state index contributed by atoms with van der Waals surface area (Å²) in [5.74, 6) is 7.20. The van der Waals surface area contributed by atoms with E-state index in [0.29, 0.717) is 11.7 Å². The van der Waals surface area contributed by atoms with Crippen LogP contribution in [0.2, 0.25) is 0 Å². The Balaban J connectivity index is 2.13. The minimum atomic E-state index is 0.586. The molecule has 0 bridgehead atoms. The molecule has 0 saturated heterocycles. The van der Waals surface area contributed by atoms with Crippen molar-refractivity contribution in [2.75, 3.05) is 30.5 Å². The molecular weight excluding hydrogens is 218 g/mol. The molecule has 17 heavy (non-hydrogen) atoms. The third-order valence-corrected chi connectivity index (χ3v) is 2.04. The van der Waals surface area contributed by atoms with Crippen LogP contribution in [0.4, 0.5) is 11.6 Å². The largest absolute Gasteiger partial charge is 0.381 e. The van der Waals surface area contributed by atoms with Gasteiger partial charge in [0, 0.05) is 25.8 Å². The Bertz CT molecular complexity index is 318. The van der Waals surface area contributed by atoms with Crippen molar-refractivity contribution < 1.29 is 4.74 Å². The molecule has 4 N–H and O–H groups in total. The van der Waals surface area contributed by atoms with Crippen molar-refractivity contribution in [3.05, 3.63) is 12.4 Å². The van der Waals surface area contributed by atoms with Crippen LogP contribution in [0.1, 0.15) is 20.3 Å². The predicted molar refractivity (Wildman–Crippen MR) is 68.6 cm³/mol. The maximum Gasteiger partial charge on any atom is 0.145 e.